The average molecular weight is 184 g/mol. The Kier molecular flexibility index (Phi) is 2.51. The molecule has 0 fully saturated rings. The van der Waals surface area contributed by atoms with Crippen molar-refractivity contribution in [2.75, 3.05) is 7.11 Å². The number of hydrogen-bond acceptors (Lipinski definition) is 3. The summed E-state index contributed by atoms with van der Waals surface area (Å²) in [6, 6.07) is 2.36. The summed E-state index contributed by atoms with van der Waals surface area (Å²) in [5.41, 5.74) is -0.170. The monoisotopic (exact) mass is 184 g/mol. The van der Waals surface area contributed by atoms with Crippen molar-refractivity contribution in [1.82, 2.24) is 0 Å². The molecule has 0 radical (unpaired) electrons. The Bertz CT molecular complexity index is 347. The minimum absolute atomic E-state index is 0.170. The molecule has 1 rings (SSSR count). The maximum Gasteiger partial charge on any atom is 0.175 e. The van der Waals surface area contributed by atoms with Crippen LogP contribution in [0.15, 0.2) is 12.1 Å². The van der Waals surface area contributed by atoms with E-state index in [0.717, 1.165) is 6.07 Å². The maximum absolute atomic E-state index is 13.0. The van der Waals surface area contributed by atoms with Crippen molar-refractivity contribution >= 4 is 5.78 Å². The number of rotatable bonds is 2. The van der Waals surface area contributed by atoms with Crippen molar-refractivity contribution in [2.24, 2.45) is 0 Å². The van der Waals surface area contributed by atoms with Gasteiger partial charge in [0.25, 0.3) is 0 Å². The zero-order valence-electron chi connectivity index (χ0n) is 7.30. The molecule has 0 spiro atoms. The molecule has 4 heteroatoms. The molecule has 0 amide bonds. The van der Waals surface area contributed by atoms with Crippen LogP contribution in [0.1, 0.15) is 17.3 Å². The Morgan fingerprint density at radius 1 is 1.54 bits per heavy atom. The van der Waals surface area contributed by atoms with Gasteiger partial charge < -0.3 is 9.84 Å². The van der Waals surface area contributed by atoms with Gasteiger partial charge >= 0.3 is 0 Å². The highest BCUT2D eigenvalue weighted by Crippen LogP contribution is 2.26. The quantitative estimate of drug-likeness (QED) is 0.712. The standard InChI is InChI=1S/C9H9FO3/c1-5(11)7-3-6(13-2)4-8(12)9(7)10/h3-4,12H,1-2H3. The van der Waals surface area contributed by atoms with Gasteiger partial charge in [0.15, 0.2) is 17.3 Å². The molecule has 0 saturated heterocycles. The van der Waals surface area contributed by atoms with Crippen molar-refractivity contribution in [2.45, 2.75) is 6.92 Å². The zero-order valence-corrected chi connectivity index (χ0v) is 7.30. The normalized spacial score (nSPS) is 9.77. The molecule has 1 aromatic rings. The molecule has 0 saturated carbocycles. The Labute approximate surface area is 74.8 Å². The smallest absolute Gasteiger partial charge is 0.175 e. The van der Waals surface area contributed by atoms with Crippen LogP contribution in [0.4, 0.5) is 4.39 Å². The van der Waals surface area contributed by atoms with E-state index in [-0.39, 0.29) is 11.3 Å². The SMILES string of the molecule is COc1cc(O)c(F)c(C(C)=O)c1. The van der Waals surface area contributed by atoms with Gasteiger partial charge in [-0.05, 0) is 13.0 Å². The van der Waals surface area contributed by atoms with Crippen LogP contribution in [0.5, 0.6) is 11.5 Å². The van der Waals surface area contributed by atoms with E-state index in [1.54, 1.807) is 0 Å². The highest BCUT2D eigenvalue weighted by Gasteiger charge is 2.13. The summed E-state index contributed by atoms with van der Waals surface area (Å²) in [5, 5.41) is 9.05. The third-order valence-corrected chi connectivity index (χ3v) is 1.64. The van der Waals surface area contributed by atoms with Gasteiger partial charge in [-0.3, -0.25) is 4.79 Å². The van der Waals surface area contributed by atoms with Crippen molar-refractivity contribution < 1.29 is 19.0 Å². The molecule has 1 aromatic carbocycles. The van der Waals surface area contributed by atoms with Crippen LogP contribution in [-0.2, 0) is 0 Å². The number of benzene rings is 1. The number of Topliss-reactive ketones (excluding diaryl/α,β-unsaturated/α-hetero) is 1. The second kappa shape index (κ2) is 3.43. The first-order valence-corrected chi connectivity index (χ1v) is 3.63. The van der Waals surface area contributed by atoms with Crippen LogP contribution in [0.2, 0.25) is 0 Å². The lowest BCUT2D eigenvalue weighted by Crippen LogP contribution is -1.98. The van der Waals surface area contributed by atoms with E-state index in [9.17, 15) is 9.18 Å². The van der Waals surface area contributed by atoms with E-state index in [4.69, 9.17) is 9.84 Å². The molecule has 13 heavy (non-hydrogen) atoms. The number of hydrogen-bond donors (Lipinski definition) is 1. The first kappa shape index (κ1) is 9.51. The van der Waals surface area contributed by atoms with Gasteiger partial charge in [0.1, 0.15) is 5.75 Å². The highest BCUT2D eigenvalue weighted by molar-refractivity contribution is 5.95. The molecule has 0 bridgehead atoms. The average Bonchev–Trinajstić information content (AvgIpc) is 2.09. The third kappa shape index (κ3) is 1.77. The molecule has 0 aromatic heterocycles. The van der Waals surface area contributed by atoms with Gasteiger partial charge in [0.2, 0.25) is 0 Å². The number of methoxy groups -OCH3 is 1. The largest absolute Gasteiger partial charge is 0.505 e. The number of halogens is 1. The summed E-state index contributed by atoms with van der Waals surface area (Å²) in [7, 11) is 1.37. The topological polar surface area (TPSA) is 46.5 Å². The highest BCUT2D eigenvalue weighted by atomic mass is 19.1. The summed E-state index contributed by atoms with van der Waals surface area (Å²) in [6.45, 7) is 1.22. The van der Waals surface area contributed by atoms with E-state index in [1.165, 1.54) is 20.1 Å². The lowest BCUT2D eigenvalue weighted by molar-refractivity contribution is 0.101. The molecule has 0 unspecified atom stereocenters. The second-order valence-electron chi connectivity index (χ2n) is 2.56. The molecule has 0 aliphatic heterocycles. The summed E-state index contributed by atoms with van der Waals surface area (Å²) in [5.74, 6) is -1.69. The van der Waals surface area contributed by atoms with Gasteiger partial charge in [-0.1, -0.05) is 0 Å². The molecule has 0 heterocycles. The molecular formula is C9H9FO3. The predicted molar refractivity (Wildman–Crippen MR) is 44.6 cm³/mol. The number of carbonyl (C=O) groups excluding carboxylic acids is 1. The van der Waals surface area contributed by atoms with Crippen LogP contribution in [0.3, 0.4) is 0 Å². The number of phenols is 1. The van der Waals surface area contributed by atoms with Gasteiger partial charge in [-0.15, -0.1) is 0 Å². The predicted octanol–water partition coefficient (Wildman–Crippen LogP) is 1.74. The number of ketones is 1. The van der Waals surface area contributed by atoms with E-state index in [2.05, 4.69) is 0 Å². The fraction of sp³-hybridized carbons (Fsp3) is 0.222. The zero-order chi connectivity index (χ0) is 10.0. The minimum Gasteiger partial charge on any atom is -0.505 e. The Balaban J connectivity index is 3.33. The third-order valence-electron chi connectivity index (χ3n) is 1.64. The Morgan fingerprint density at radius 2 is 2.15 bits per heavy atom. The van der Waals surface area contributed by atoms with E-state index >= 15 is 0 Å². The van der Waals surface area contributed by atoms with Gasteiger partial charge in [-0.25, -0.2) is 4.39 Å². The van der Waals surface area contributed by atoms with E-state index < -0.39 is 17.3 Å². The van der Waals surface area contributed by atoms with Gasteiger partial charge in [0, 0.05) is 6.07 Å². The number of ether oxygens (including phenoxy) is 1. The number of carbonyl (C=O) groups is 1. The molecule has 1 N–H and O–H groups in total. The van der Waals surface area contributed by atoms with Crippen molar-refractivity contribution in [3.63, 3.8) is 0 Å². The molecule has 0 aliphatic rings. The fourth-order valence-electron chi connectivity index (χ4n) is 0.957. The lowest BCUT2D eigenvalue weighted by Gasteiger charge is -2.04. The van der Waals surface area contributed by atoms with E-state index in [1.807, 2.05) is 0 Å². The molecule has 0 atom stereocenters. The summed E-state index contributed by atoms with van der Waals surface area (Å²) < 4.78 is 17.8. The van der Waals surface area contributed by atoms with Crippen LogP contribution < -0.4 is 4.74 Å². The first-order chi connectivity index (χ1) is 6.06. The van der Waals surface area contributed by atoms with Gasteiger partial charge in [0.05, 0.1) is 12.7 Å². The molecular weight excluding hydrogens is 175 g/mol. The van der Waals surface area contributed by atoms with Crippen LogP contribution in [0, 0.1) is 5.82 Å². The summed E-state index contributed by atoms with van der Waals surface area (Å²) in [6.07, 6.45) is 0. The Hall–Kier alpha value is -1.58. The fourth-order valence-corrected chi connectivity index (χ4v) is 0.957. The van der Waals surface area contributed by atoms with Crippen LogP contribution >= 0.6 is 0 Å². The Morgan fingerprint density at radius 3 is 2.62 bits per heavy atom. The van der Waals surface area contributed by atoms with E-state index in [0.29, 0.717) is 0 Å². The van der Waals surface area contributed by atoms with Crippen molar-refractivity contribution in [3.05, 3.63) is 23.5 Å². The van der Waals surface area contributed by atoms with Crippen LogP contribution in [0.25, 0.3) is 0 Å². The summed E-state index contributed by atoms with van der Waals surface area (Å²) in [4.78, 5) is 10.9. The van der Waals surface area contributed by atoms with Crippen molar-refractivity contribution in [1.29, 1.82) is 0 Å². The molecule has 0 aliphatic carbocycles. The maximum atomic E-state index is 13.0. The first-order valence-electron chi connectivity index (χ1n) is 3.63. The number of phenolic OH excluding ortho intramolecular Hbond substituents is 1. The molecule has 3 nitrogen and oxygen atoms in total. The molecule has 70 valence electrons. The lowest BCUT2D eigenvalue weighted by atomic mass is 10.1. The van der Waals surface area contributed by atoms with Crippen LogP contribution in [-0.4, -0.2) is 18.0 Å². The second-order valence-corrected chi connectivity index (χ2v) is 2.56. The minimum atomic E-state index is -0.909. The number of aromatic hydroxyl groups is 1. The van der Waals surface area contributed by atoms with Gasteiger partial charge in [-0.2, -0.15) is 0 Å². The summed E-state index contributed by atoms with van der Waals surface area (Å²) >= 11 is 0. The van der Waals surface area contributed by atoms with Crippen molar-refractivity contribution in [3.8, 4) is 11.5 Å².